The van der Waals surface area contributed by atoms with Crippen molar-refractivity contribution in [2.24, 2.45) is 11.8 Å². The fraction of sp³-hybridized carbons (Fsp3) is 0.611. The van der Waals surface area contributed by atoms with Gasteiger partial charge in [0, 0.05) is 62.0 Å². The molecule has 232 valence electrons. The summed E-state index contributed by atoms with van der Waals surface area (Å²) in [6.45, 7) is 13.2. The normalized spacial score (nSPS) is 13.9. The third-order valence-electron chi connectivity index (χ3n) is 8.43. The molecule has 0 saturated heterocycles. The van der Waals surface area contributed by atoms with Crippen LogP contribution in [0, 0.1) is 11.8 Å². The maximum absolute atomic E-state index is 13.7. The molecular formula is C36H54N2O4. The van der Waals surface area contributed by atoms with Gasteiger partial charge in [-0.1, -0.05) is 90.5 Å². The summed E-state index contributed by atoms with van der Waals surface area (Å²) >= 11 is 0. The number of benzene rings is 2. The molecule has 2 N–H and O–H groups in total. The Morgan fingerprint density at radius 3 is 1.43 bits per heavy atom. The second-order valence-corrected chi connectivity index (χ2v) is 11.7. The minimum atomic E-state index is -0.106. The Balaban J connectivity index is 1.60. The smallest absolute Gasteiger partial charge is 0.196 e. The Labute approximate surface area is 254 Å². The fourth-order valence-electron chi connectivity index (χ4n) is 5.61. The molecule has 0 fully saturated rings. The van der Waals surface area contributed by atoms with Crippen LogP contribution in [0.4, 0.5) is 11.4 Å². The lowest BCUT2D eigenvalue weighted by atomic mass is 9.82. The predicted molar refractivity (Wildman–Crippen MR) is 174 cm³/mol. The lowest BCUT2D eigenvalue weighted by Crippen LogP contribution is -2.25. The monoisotopic (exact) mass is 578 g/mol. The number of ketones is 2. The lowest BCUT2D eigenvalue weighted by Gasteiger charge is -2.24. The minimum absolute atomic E-state index is 0.106. The quantitative estimate of drug-likeness (QED) is 0.116. The van der Waals surface area contributed by atoms with E-state index in [0.29, 0.717) is 71.8 Å². The summed E-state index contributed by atoms with van der Waals surface area (Å²) in [5.41, 5.74) is 3.29. The highest BCUT2D eigenvalue weighted by atomic mass is 16.5. The Bertz CT molecular complexity index is 1030. The molecule has 0 bridgehead atoms. The van der Waals surface area contributed by atoms with Gasteiger partial charge in [0.2, 0.25) is 0 Å². The SMILES string of the molecule is CCCCC(CC)COCCCNc1ccc(NCCCOCC(CC)CCCC)c2c1C(=O)c1ccccc1C2=O. The summed E-state index contributed by atoms with van der Waals surface area (Å²) in [7, 11) is 0. The molecule has 0 aromatic heterocycles. The van der Waals surface area contributed by atoms with Gasteiger partial charge in [0.15, 0.2) is 11.6 Å². The van der Waals surface area contributed by atoms with Crippen LogP contribution in [0.5, 0.6) is 0 Å². The molecule has 0 spiro atoms. The molecule has 2 aromatic rings. The van der Waals surface area contributed by atoms with E-state index in [4.69, 9.17) is 9.47 Å². The van der Waals surface area contributed by atoms with Crippen molar-refractivity contribution in [3.05, 3.63) is 58.7 Å². The molecule has 6 heteroatoms. The number of nitrogens with one attached hydrogen (secondary N) is 2. The summed E-state index contributed by atoms with van der Waals surface area (Å²) < 4.78 is 11.9. The molecule has 6 nitrogen and oxygen atoms in total. The lowest BCUT2D eigenvalue weighted by molar-refractivity contribution is 0.0936. The van der Waals surface area contributed by atoms with Crippen LogP contribution in [0.2, 0.25) is 0 Å². The molecule has 2 atom stereocenters. The number of anilines is 2. The zero-order valence-corrected chi connectivity index (χ0v) is 26.6. The van der Waals surface area contributed by atoms with E-state index in [0.717, 1.165) is 38.9 Å². The van der Waals surface area contributed by atoms with Crippen molar-refractivity contribution in [2.45, 2.75) is 91.9 Å². The summed E-state index contributed by atoms with van der Waals surface area (Å²) in [4.78, 5) is 27.3. The Morgan fingerprint density at radius 1 is 0.619 bits per heavy atom. The summed E-state index contributed by atoms with van der Waals surface area (Å²) in [5, 5.41) is 6.86. The van der Waals surface area contributed by atoms with Gasteiger partial charge >= 0.3 is 0 Å². The Morgan fingerprint density at radius 2 is 1.05 bits per heavy atom. The van der Waals surface area contributed by atoms with Crippen molar-refractivity contribution >= 4 is 22.9 Å². The van der Waals surface area contributed by atoms with Crippen molar-refractivity contribution in [1.82, 2.24) is 0 Å². The van der Waals surface area contributed by atoms with Gasteiger partial charge in [-0.2, -0.15) is 0 Å². The van der Waals surface area contributed by atoms with E-state index in [1.165, 1.54) is 38.5 Å². The van der Waals surface area contributed by atoms with Gasteiger partial charge in [-0.15, -0.1) is 0 Å². The van der Waals surface area contributed by atoms with E-state index >= 15 is 0 Å². The van der Waals surface area contributed by atoms with E-state index in [2.05, 4.69) is 38.3 Å². The molecule has 2 aromatic carbocycles. The van der Waals surface area contributed by atoms with Gasteiger partial charge in [-0.05, 0) is 49.7 Å². The molecule has 0 aliphatic heterocycles. The van der Waals surface area contributed by atoms with Crippen molar-refractivity contribution in [2.75, 3.05) is 50.2 Å². The standard InChI is InChI=1S/C36H54N2O4/c1-5-9-15-27(7-3)25-41-23-13-21-37-31-19-20-32(38-22-14-24-42-26-28(8-4)16-10-6-2)34-33(31)35(39)29-17-11-12-18-30(29)36(34)40/h11-12,17-20,27-28,37-38H,5-10,13-16,21-26H2,1-4H3. The van der Waals surface area contributed by atoms with Crippen molar-refractivity contribution < 1.29 is 19.1 Å². The molecular weight excluding hydrogens is 524 g/mol. The Hall–Kier alpha value is -2.70. The average Bonchev–Trinajstić information content (AvgIpc) is 3.02. The third kappa shape index (κ3) is 9.67. The number of fused-ring (bicyclic) bond motifs is 2. The molecule has 0 amide bonds. The highest BCUT2D eigenvalue weighted by Gasteiger charge is 2.33. The van der Waals surface area contributed by atoms with Crippen LogP contribution in [-0.4, -0.2) is 51.1 Å². The van der Waals surface area contributed by atoms with Crippen LogP contribution in [0.1, 0.15) is 124 Å². The number of rotatable bonds is 22. The molecule has 3 rings (SSSR count). The molecule has 42 heavy (non-hydrogen) atoms. The molecule has 1 aliphatic carbocycles. The van der Waals surface area contributed by atoms with Crippen LogP contribution in [0.25, 0.3) is 0 Å². The number of ether oxygens (including phenoxy) is 2. The molecule has 2 unspecified atom stereocenters. The van der Waals surface area contributed by atoms with E-state index in [9.17, 15) is 9.59 Å². The summed E-state index contributed by atoms with van der Waals surface area (Å²) in [6, 6.07) is 11.0. The Kier molecular flexibility index (Phi) is 15.1. The van der Waals surface area contributed by atoms with E-state index < -0.39 is 0 Å². The fourth-order valence-corrected chi connectivity index (χ4v) is 5.61. The molecule has 0 radical (unpaired) electrons. The van der Waals surface area contributed by atoms with Gasteiger partial charge in [0.1, 0.15) is 0 Å². The molecule has 1 aliphatic rings. The first kappa shape index (κ1) is 33.8. The maximum Gasteiger partial charge on any atom is 0.196 e. The van der Waals surface area contributed by atoms with E-state index in [1.807, 2.05) is 24.3 Å². The number of hydrogen-bond acceptors (Lipinski definition) is 6. The van der Waals surface area contributed by atoms with Crippen LogP contribution in [0.15, 0.2) is 36.4 Å². The molecule has 0 heterocycles. The number of carbonyl (C=O) groups is 2. The second kappa shape index (κ2) is 18.8. The van der Waals surface area contributed by atoms with Crippen molar-refractivity contribution in [3.8, 4) is 0 Å². The van der Waals surface area contributed by atoms with Gasteiger partial charge in [0.05, 0.1) is 11.1 Å². The van der Waals surface area contributed by atoms with Crippen molar-refractivity contribution in [3.63, 3.8) is 0 Å². The summed E-state index contributed by atoms with van der Waals surface area (Å²) in [6.07, 6.45) is 11.3. The van der Waals surface area contributed by atoms with Gasteiger partial charge in [-0.25, -0.2) is 0 Å². The average molecular weight is 579 g/mol. The predicted octanol–water partition coefficient (Wildman–Crippen LogP) is 8.53. The minimum Gasteiger partial charge on any atom is -0.384 e. The first-order valence-corrected chi connectivity index (χ1v) is 16.5. The van der Waals surface area contributed by atoms with Crippen LogP contribution < -0.4 is 10.6 Å². The number of unbranched alkanes of at least 4 members (excludes halogenated alkanes) is 2. The van der Waals surface area contributed by atoms with Crippen LogP contribution in [-0.2, 0) is 9.47 Å². The van der Waals surface area contributed by atoms with Gasteiger partial charge in [0.25, 0.3) is 0 Å². The molecule has 0 saturated carbocycles. The van der Waals surface area contributed by atoms with Gasteiger partial charge in [-0.3, -0.25) is 9.59 Å². The largest absolute Gasteiger partial charge is 0.384 e. The van der Waals surface area contributed by atoms with Crippen molar-refractivity contribution in [1.29, 1.82) is 0 Å². The van der Waals surface area contributed by atoms with E-state index in [1.54, 1.807) is 12.1 Å². The van der Waals surface area contributed by atoms with Gasteiger partial charge < -0.3 is 20.1 Å². The maximum atomic E-state index is 13.7. The van der Waals surface area contributed by atoms with E-state index in [-0.39, 0.29) is 11.6 Å². The highest BCUT2D eigenvalue weighted by molar-refractivity contribution is 6.31. The summed E-state index contributed by atoms with van der Waals surface area (Å²) in [5.74, 6) is 1.04. The van der Waals surface area contributed by atoms with Crippen LogP contribution in [0.3, 0.4) is 0 Å². The first-order valence-electron chi connectivity index (χ1n) is 16.5. The number of carbonyl (C=O) groups excluding carboxylic acids is 2. The zero-order valence-electron chi connectivity index (χ0n) is 26.6. The highest BCUT2D eigenvalue weighted by Crippen LogP contribution is 2.36. The number of hydrogen-bond donors (Lipinski definition) is 2. The topological polar surface area (TPSA) is 76.7 Å². The third-order valence-corrected chi connectivity index (χ3v) is 8.43. The second-order valence-electron chi connectivity index (χ2n) is 11.7. The first-order chi connectivity index (χ1) is 20.5. The van der Waals surface area contributed by atoms with Crippen LogP contribution >= 0.6 is 0 Å². The zero-order chi connectivity index (χ0) is 30.2.